The van der Waals surface area contributed by atoms with Gasteiger partial charge in [-0.05, 0) is 44.2 Å². The normalized spacial score (nSPS) is 20.7. The van der Waals surface area contributed by atoms with Crippen LogP contribution in [-0.4, -0.2) is 60.9 Å². The zero-order chi connectivity index (χ0) is 24.7. The lowest BCUT2D eigenvalue weighted by Crippen LogP contribution is -2.48. The van der Waals surface area contributed by atoms with Gasteiger partial charge in [-0.25, -0.2) is 18.4 Å². The van der Waals surface area contributed by atoms with Crippen molar-refractivity contribution >= 4 is 33.3 Å². The first-order valence-electron chi connectivity index (χ1n) is 11.5. The van der Waals surface area contributed by atoms with Crippen molar-refractivity contribution in [2.24, 2.45) is 0 Å². The molecule has 2 atom stereocenters. The number of aromatic nitrogens is 2. The number of anilines is 3. The quantitative estimate of drug-likeness (QED) is 0.595. The van der Waals surface area contributed by atoms with E-state index in [9.17, 15) is 13.2 Å². The molecule has 1 saturated heterocycles. The van der Waals surface area contributed by atoms with Crippen LogP contribution in [0.25, 0.3) is 11.3 Å². The lowest BCUT2D eigenvalue weighted by Gasteiger charge is -2.34. The number of morpholine rings is 1. The highest BCUT2D eigenvalue weighted by atomic mass is 32.2. The van der Waals surface area contributed by atoms with Gasteiger partial charge in [-0.2, -0.15) is 4.31 Å². The van der Waals surface area contributed by atoms with E-state index < -0.39 is 10.0 Å². The Hall–Kier alpha value is -3.34. The third-order valence-corrected chi connectivity index (χ3v) is 8.08. The maximum absolute atomic E-state index is 13.1. The molecule has 1 N–H and O–H groups in total. The van der Waals surface area contributed by atoms with E-state index >= 15 is 0 Å². The number of ether oxygens (including phenoxy) is 1. The van der Waals surface area contributed by atoms with Gasteiger partial charge in [0.2, 0.25) is 21.9 Å². The van der Waals surface area contributed by atoms with Crippen LogP contribution < -0.4 is 10.2 Å². The molecule has 35 heavy (non-hydrogen) atoms. The van der Waals surface area contributed by atoms with Crippen LogP contribution in [0.5, 0.6) is 0 Å². The van der Waals surface area contributed by atoms with Crippen LogP contribution in [0.1, 0.15) is 19.4 Å². The van der Waals surface area contributed by atoms with Crippen LogP contribution in [-0.2, 0) is 26.0 Å². The van der Waals surface area contributed by atoms with Crippen molar-refractivity contribution in [2.45, 2.75) is 37.4 Å². The van der Waals surface area contributed by atoms with Crippen LogP contribution in [0.2, 0.25) is 0 Å². The zero-order valence-electron chi connectivity index (χ0n) is 19.8. The Morgan fingerprint density at radius 2 is 1.71 bits per heavy atom. The molecule has 2 aliphatic rings. The summed E-state index contributed by atoms with van der Waals surface area (Å²) in [5, 5.41) is 3.15. The molecular weight excluding hydrogens is 466 g/mol. The molecule has 0 radical (unpaired) electrons. The Labute approximate surface area is 204 Å². The number of carbonyl (C=O) groups excluding carboxylic acids is 1. The molecule has 1 amide bonds. The maximum Gasteiger partial charge on any atom is 0.243 e. The van der Waals surface area contributed by atoms with Crippen molar-refractivity contribution in [3.8, 4) is 11.3 Å². The lowest BCUT2D eigenvalue weighted by atomic mass is 10.1. The van der Waals surface area contributed by atoms with Crippen molar-refractivity contribution in [1.82, 2.24) is 14.3 Å². The fraction of sp³-hybridized carbons (Fsp3) is 0.320. The lowest BCUT2D eigenvalue weighted by molar-refractivity contribution is -0.117. The Morgan fingerprint density at radius 3 is 2.43 bits per heavy atom. The molecule has 10 heteroatoms. The minimum atomic E-state index is -3.62. The van der Waals surface area contributed by atoms with Gasteiger partial charge in [0.05, 0.1) is 34.9 Å². The van der Waals surface area contributed by atoms with Crippen LogP contribution in [0.4, 0.5) is 17.3 Å². The van der Waals surface area contributed by atoms with Crippen LogP contribution >= 0.6 is 0 Å². The average Bonchev–Trinajstić information content (AvgIpc) is 2.94. The van der Waals surface area contributed by atoms with Crippen molar-refractivity contribution in [3.05, 3.63) is 60.3 Å². The molecule has 1 fully saturated rings. The molecule has 0 unspecified atom stereocenters. The number of benzene rings is 2. The molecule has 2 aliphatic heterocycles. The summed E-state index contributed by atoms with van der Waals surface area (Å²) in [6.45, 7) is 4.40. The summed E-state index contributed by atoms with van der Waals surface area (Å²) >= 11 is 0. The second kappa shape index (κ2) is 9.03. The van der Waals surface area contributed by atoms with Crippen molar-refractivity contribution < 1.29 is 17.9 Å². The van der Waals surface area contributed by atoms with Crippen molar-refractivity contribution in [1.29, 1.82) is 0 Å². The van der Waals surface area contributed by atoms with Gasteiger partial charge in [-0.3, -0.25) is 4.79 Å². The highest BCUT2D eigenvalue weighted by molar-refractivity contribution is 7.89. The summed E-state index contributed by atoms with van der Waals surface area (Å²) in [4.78, 5) is 23.5. The molecule has 0 spiro atoms. The molecule has 3 aromatic rings. The Morgan fingerprint density at radius 1 is 1.03 bits per heavy atom. The molecule has 2 aromatic carbocycles. The summed E-state index contributed by atoms with van der Waals surface area (Å²) in [6.07, 6.45) is 1.57. The molecule has 3 heterocycles. The number of amides is 1. The molecule has 182 valence electrons. The van der Waals surface area contributed by atoms with Crippen LogP contribution in [0.15, 0.2) is 59.6 Å². The highest BCUT2D eigenvalue weighted by Gasteiger charge is 2.32. The van der Waals surface area contributed by atoms with E-state index in [-0.39, 0.29) is 29.4 Å². The summed E-state index contributed by atoms with van der Waals surface area (Å²) < 4.78 is 33.3. The second-order valence-corrected chi connectivity index (χ2v) is 10.9. The summed E-state index contributed by atoms with van der Waals surface area (Å²) in [6, 6.07) is 14.2. The number of fused-ring (bicyclic) bond motifs is 3. The van der Waals surface area contributed by atoms with E-state index in [1.54, 1.807) is 42.4 Å². The number of para-hydroxylation sites is 1. The van der Waals surface area contributed by atoms with Gasteiger partial charge in [0.25, 0.3) is 0 Å². The number of sulfonamides is 1. The largest absolute Gasteiger partial charge is 0.373 e. The maximum atomic E-state index is 13.1. The van der Waals surface area contributed by atoms with Gasteiger partial charge in [0.1, 0.15) is 0 Å². The SMILES string of the molecule is C[C@@H]1CN(S(=O)(=O)c2ccc(Nc3ncc4c(n3)-c3ccccc3N(C)C(=O)C4)cc2)C[C@H](C)O1. The molecule has 1 aromatic heterocycles. The number of likely N-dealkylation sites (N-methyl/N-ethyl adjacent to an activating group) is 1. The van der Waals surface area contributed by atoms with E-state index in [0.29, 0.717) is 30.4 Å². The smallest absolute Gasteiger partial charge is 0.243 e. The predicted molar refractivity (Wildman–Crippen MR) is 133 cm³/mol. The minimum Gasteiger partial charge on any atom is -0.373 e. The number of hydrogen-bond acceptors (Lipinski definition) is 7. The topological polar surface area (TPSA) is 105 Å². The van der Waals surface area contributed by atoms with Gasteiger partial charge in [0, 0.05) is 43.1 Å². The molecular formula is C25H27N5O4S. The van der Waals surface area contributed by atoms with Gasteiger partial charge in [-0.15, -0.1) is 0 Å². The number of carbonyl (C=O) groups is 1. The number of rotatable bonds is 4. The average molecular weight is 494 g/mol. The van der Waals surface area contributed by atoms with Crippen molar-refractivity contribution in [2.75, 3.05) is 30.4 Å². The predicted octanol–water partition coefficient (Wildman–Crippen LogP) is 3.20. The van der Waals surface area contributed by atoms with E-state index in [4.69, 9.17) is 9.72 Å². The Kier molecular flexibility index (Phi) is 6.04. The standard InChI is InChI=1S/C25H27N5O4S/c1-16-14-30(15-17(2)34-16)35(32,33)20-10-8-19(9-11-20)27-25-26-13-18-12-23(31)29(3)22-7-5-4-6-21(22)24(18)28-25/h4-11,13,16-17H,12,14-15H2,1-3H3,(H,26,27,28)/t16-,17+. The molecule has 9 nitrogen and oxygen atoms in total. The molecule has 0 saturated carbocycles. The van der Waals surface area contributed by atoms with Crippen LogP contribution in [0.3, 0.4) is 0 Å². The third-order valence-electron chi connectivity index (χ3n) is 6.24. The van der Waals surface area contributed by atoms with E-state index in [2.05, 4.69) is 10.3 Å². The van der Waals surface area contributed by atoms with E-state index in [1.165, 1.54) is 4.31 Å². The number of nitrogens with zero attached hydrogens (tertiary/aromatic N) is 4. The highest BCUT2D eigenvalue weighted by Crippen LogP contribution is 2.35. The first-order chi connectivity index (χ1) is 16.7. The summed E-state index contributed by atoms with van der Waals surface area (Å²) in [7, 11) is -1.86. The fourth-order valence-corrected chi connectivity index (χ4v) is 6.12. The van der Waals surface area contributed by atoms with Gasteiger partial charge in [0.15, 0.2) is 0 Å². The van der Waals surface area contributed by atoms with Crippen molar-refractivity contribution in [3.63, 3.8) is 0 Å². The van der Waals surface area contributed by atoms with E-state index in [1.807, 2.05) is 38.1 Å². The minimum absolute atomic E-state index is 0.0265. The van der Waals surface area contributed by atoms with Gasteiger partial charge >= 0.3 is 0 Å². The first-order valence-corrected chi connectivity index (χ1v) is 12.9. The van der Waals surface area contributed by atoms with Gasteiger partial charge in [-0.1, -0.05) is 18.2 Å². The first kappa shape index (κ1) is 23.4. The second-order valence-electron chi connectivity index (χ2n) is 8.94. The number of nitrogens with one attached hydrogen (secondary N) is 1. The molecule has 0 bridgehead atoms. The molecule has 5 rings (SSSR count). The number of hydrogen-bond donors (Lipinski definition) is 1. The fourth-order valence-electron chi connectivity index (χ4n) is 4.53. The Bertz CT molecular complexity index is 1370. The Balaban J connectivity index is 1.40. The van der Waals surface area contributed by atoms with E-state index in [0.717, 1.165) is 16.8 Å². The third kappa shape index (κ3) is 4.52. The molecule has 0 aliphatic carbocycles. The monoisotopic (exact) mass is 493 g/mol. The van der Waals surface area contributed by atoms with Gasteiger partial charge < -0.3 is 15.0 Å². The zero-order valence-corrected chi connectivity index (χ0v) is 20.6. The van der Waals surface area contributed by atoms with Crippen LogP contribution in [0, 0.1) is 0 Å². The summed E-state index contributed by atoms with van der Waals surface area (Å²) in [5.41, 5.74) is 3.76. The summed E-state index contributed by atoms with van der Waals surface area (Å²) in [5.74, 6) is 0.336.